The molecule has 0 radical (unpaired) electrons. The number of nitrogens with one attached hydrogen (secondary N) is 1. The Bertz CT molecular complexity index is 1490. The number of halogens is 1. The first-order valence-electron chi connectivity index (χ1n) is 16.6. The number of carbonyl (C=O) groups excluding carboxylic acids is 5. The number of ketones is 3. The molecule has 3 aliphatic rings. The van der Waals surface area contributed by atoms with Crippen molar-refractivity contribution in [3.05, 3.63) is 22.7 Å². The summed E-state index contributed by atoms with van der Waals surface area (Å²) in [5, 5.41) is 7.70. The third-order valence-electron chi connectivity index (χ3n) is 9.27. The number of ether oxygens (including phenoxy) is 2. The van der Waals surface area contributed by atoms with E-state index in [-0.39, 0.29) is 49.3 Å². The van der Waals surface area contributed by atoms with Crippen LogP contribution in [0, 0.1) is 22.7 Å². The minimum Gasteiger partial charge on any atom is -0.496 e. The molecule has 4 rings (SSSR count). The highest BCUT2D eigenvalue weighted by Crippen LogP contribution is 2.44. The smallest absolute Gasteiger partial charge is 0.246 e. The van der Waals surface area contributed by atoms with Crippen LogP contribution in [0.5, 0.6) is 11.5 Å². The average Bonchev–Trinajstić information content (AvgIpc) is 3.59. The van der Waals surface area contributed by atoms with Crippen LogP contribution in [0.25, 0.3) is 0 Å². The van der Waals surface area contributed by atoms with Crippen molar-refractivity contribution < 1.29 is 38.3 Å². The summed E-state index contributed by atoms with van der Waals surface area (Å²) in [6.07, 6.45) is 2.79. The molecular formula is C36H50ClN3O8. The number of oxime groups is 1. The fourth-order valence-electron chi connectivity index (χ4n) is 6.63. The number of methoxy groups -OCH3 is 2. The highest BCUT2D eigenvalue weighted by atomic mass is 35.5. The van der Waals surface area contributed by atoms with E-state index in [1.807, 2.05) is 41.5 Å². The molecule has 1 saturated carbocycles. The molecule has 1 aromatic rings. The molecule has 1 spiro atoms. The lowest BCUT2D eigenvalue weighted by Gasteiger charge is -2.36. The van der Waals surface area contributed by atoms with E-state index in [0.717, 1.165) is 12.8 Å². The largest absolute Gasteiger partial charge is 0.496 e. The zero-order chi connectivity index (χ0) is 35.8. The van der Waals surface area contributed by atoms with Crippen molar-refractivity contribution in [2.75, 3.05) is 20.8 Å². The molecule has 11 nitrogen and oxygen atoms in total. The van der Waals surface area contributed by atoms with E-state index in [9.17, 15) is 24.0 Å². The minimum absolute atomic E-state index is 0.0249. The van der Waals surface area contributed by atoms with Crippen molar-refractivity contribution >= 4 is 46.5 Å². The standard InChI is InChI=1S/C36H50ClN3O8/c1-20(41)31(44)22(12-21-10-11-21)13-27(42)26-17-36(16-25(39-48-36)23-14-24(37)29(47-9)15-28(23)46-8)19-40(26)33(45)32(35(5,6)7)38-30(43)18-34(2,3)4/h14-15,21-22,26,32H,10-13,16-19H2,1-9H3,(H,38,43)/t22-,26+,32-,36-/m1/s1. The van der Waals surface area contributed by atoms with E-state index >= 15 is 0 Å². The van der Waals surface area contributed by atoms with Gasteiger partial charge in [0.05, 0.1) is 37.5 Å². The summed E-state index contributed by atoms with van der Waals surface area (Å²) in [6.45, 7) is 12.7. The molecule has 4 atom stereocenters. The van der Waals surface area contributed by atoms with Gasteiger partial charge in [0.25, 0.3) is 0 Å². The summed E-state index contributed by atoms with van der Waals surface area (Å²) in [5.74, 6) is -1.70. The molecule has 0 aromatic heterocycles. The van der Waals surface area contributed by atoms with Gasteiger partial charge in [-0.25, -0.2) is 0 Å². The normalized spacial score (nSPS) is 22.1. The zero-order valence-electron chi connectivity index (χ0n) is 29.7. The van der Waals surface area contributed by atoms with Gasteiger partial charge in [0, 0.05) is 50.2 Å². The van der Waals surface area contributed by atoms with Crippen molar-refractivity contribution in [3.8, 4) is 11.5 Å². The second-order valence-electron chi connectivity index (χ2n) is 15.9. The SMILES string of the molecule is COc1cc(OC)c(C2=NO[C@]3(C2)C[C@@H](C(=O)C[C@@H](CC2CC2)C(=O)C(C)=O)N(C(=O)[C@@H](NC(=O)CC(C)(C)C)C(C)(C)C)C3)cc1Cl. The Kier molecular flexibility index (Phi) is 11.0. The molecule has 264 valence electrons. The summed E-state index contributed by atoms with van der Waals surface area (Å²) in [5.41, 5.74) is -0.939. The molecule has 0 bridgehead atoms. The predicted octanol–water partition coefficient (Wildman–Crippen LogP) is 5.32. The second-order valence-corrected chi connectivity index (χ2v) is 16.3. The predicted molar refractivity (Wildman–Crippen MR) is 181 cm³/mol. The van der Waals surface area contributed by atoms with Gasteiger partial charge >= 0.3 is 0 Å². The van der Waals surface area contributed by atoms with Crippen LogP contribution in [0.2, 0.25) is 5.02 Å². The van der Waals surface area contributed by atoms with Gasteiger partial charge in [0.2, 0.25) is 17.6 Å². The Hall–Kier alpha value is -3.47. The monoisotopic (exact) mass is 687 g/mol. The lowest BCUT2D eigenvalue weighted by Crippen LogP contribution is -2.57. The second kappa shape index (κ2) is 14.2. The van der Waals surface area contributed by atoms with Crippen LogP contribution >= 0.6 is 11.6 Å². The van der Waals surface area contributed by atoms with Crippen LogP contribution in [0.1, 0.15) is 99.0 Å². The molecule has 2 heterocycles. The molecule has 2 fully saturated rings. The van der Waals surface area contributed by atoms with Gasteiger partial charge in [-0.2, -0.15) is 0 Å². The average molecular weight is 688 g/mol. The maximum Gasteiger partial charge on any atom is 0.246 e. The summed E-state index contributed by atoms with van der Waals surface area (Å²) in [6, 6.07) is 1.43. The quantitative estimate of drug-likeness (QED) is 0.275. The van der Waals surface area contributed by atoms with Gasteiger partial charge in [-0.1, -0.05) is 71.1 Å². The number of carbonyl (C=O) groups is 5. The Morgan fingerprint density at radius 3 is 2.25 bits per heavy atom. The number of amides is 2. The Balaban J connectivity index is 1.67. The number of rotatable bonds is 13. The topological polar surface area (TPSA) is 141 Å². The van der Waals surface area contributed by atoms with Crippen molar-refractivity contribution in [2.24, 2.45) is 27.8 Å². The van der Waals surface area contributed by atoms with E-state index in [1.54, 1.807) is 12.1 Å². The van der Waals surface area contributed by atoms with Gasteiger partial charge < -0.3 is 24.5 Å². The van der Waals surface area contributed by atoms with Crippen molar-refractivity contribution in [1.82, 2.24) is 10.2 Å². The molecule has 0 unspecified atom stereocenters. The summed E-state index contributed by atoms with van der Waals surface area (Å²) in [7, 11) is 3.02. The van der Waals surface area contributed by atoms with Gasteiger partial charge in [-0.15, -0.1) is 0 Å². The van der Waals surface area contributed by atoms with Gasteiger partial charge in [-0.05, 0) is 29.2 Å². The lowest BCUT2D eigenvalue weighted by molar-refractivity contribution is -0.145. The van der Waals surface area contributed by atoms with Crippen molar-refractivity contribution in [1.29, 1.82) is 0 Å². The Morgan fingerprint density at radius 1 is 1.06 bits per heavy atom. The molecule has 48 heavy (non-hydrogen) atoms. The first-order chi connectivity index (χ1) is 22.3. The summed E-state index contributed by atoms with van der Waals surface area (Å²) < 4.78 is 10.9. The maximum atomic E-state index is 14.5. The minimum atomic E-state index is -1.06. The van der Waals surface area contributed by atoms with E-state index in [4.69, 9.17) is 25.9 Å². The third kappa shape index (κ3) is 8.76. The van der Waals surface area contributed by atoms with Gasteiger partial charge in [0.1, 0.15) is 17.5 Å². The number of likely N-dealkylation sites (tertiary alicyclic amines) is 1. The van der Waals surface area contributed by atoms with Crippen LogP contribution in [0.4, 0.5) is 0 Å². The fourth-order valence-corrected chi connectivity index (χ4v) is 6.87. The fraction of sp³-hybridized carbons (Fsp3) is 0.667. The number of hydrogen-bond acceptors (Lipinski definition) is 9. The molecule has 12 heteroatoms. The van der Waals surface area contributed by atoms with E-state index in [0.29, 0.717) is 40.1 Å². The lowest BCUT2D eigenvalue weighted by atomic mass is 9.84. The van der Waals surface area contributed by atoms with Gasteiger partial charge in [-0.3, -0.25) is 24.0 Å². The first kappa shape index (κ1) is 37.4. The van der Waals surface area contributed by atoms with Crippen molar-refractivity contribution in [3.63, 3.8) is 0 Å². The molecular weight excluding hydrogens is 638 g/mol. The highest BCUT2D eigenvalue weighted by molar-refractivity contribution is 6.37. The van der Waals surface area contributed by atoms with E-state index in [1.165, 1.54) is 26.0 Å². The van der Waals surface area contributed by atoms with Crippen LogP contribution < -0.4 is 14.8 Å². The zero-order valence-corrected chi connectivity index (χ0v) is 30.4. The van der Waals surface area contributed by atoms with E-state index in [2.05, 4.69) is 10.5 Å². The number of Topliss-reactive ketones (excluding diaryl/α,β-unsaturated/α-hetero) is 3. The van der Waals surface area contributed by atoms with Crippen LogP contribution in [0.3, 0.4) is 0 Å². The molecule has 1 aliphatic carbocycles. The summed E-state index contributed by atoms with van der Waals surface area (Å²) >= 11 is 6.45. The molecule has 1 saturated heterocycles. The number of nitrogens with zero attached hydrogens (tertiary/aromatic N) is 2. The molecule has 1 aromatic carbocycles. The number of benzene rings is 1. The first-order valence-corrected chi connectivity index (χ1v) is 17.0. The molecule has 2 aliphatic heterocycles. The van der Waals surface area contributed by atoms with Crippen LogP contribution in [0.15, 0.2) is 17.3 Å². The van der Waals surface area contributed by atoms with Crippen molar-refractivity contribution in [2.45, 2.75) is 111 Å². The molecule has 2 amide bonds. The third-order valence-corrected chi connectivity index (χ3v) is 9.56. The Labute approximate surface area is 288 Å². The van der Waals surface area contributed by atoms with Crippen LogP contribution in [-0.2, 0) is 28.8 Å². The van der Waals surface area contributed by atoms with E-state index < -0.39 is 46.5 Å². The van der Waals surface area contributed by atoms with Gasteiger partial charge in [0.15, 0.2) is 17.2 Å². The number of hydrogen-bond donors (Lipinski definition) is 1. The highest BCUT2D eigenvalue weighted by Gasteiger charge is 2.55. The Morgan fingerprint density at radius 2 is 1.71 bits per heavy atom. The molecule has 1 N–H and O–H groups in total. The van der Waals surface area contributed by atoms with Crippen LogP contribution in [-0.4, -0.2) is 78.2 Å². The maximum absolute atomic E-state index is 14.5. The summed E-state index contributed by atoms with van der Waals surface area (Å²) in [4.78, 5) is 74.5.